The van der Waals surface area contributed by atoms with E-state index in [0.717, 1.165) is 23.4 Å². The predicted molar refractivity (Wildman–Crippen MR) is 97.2 cm³/mol. The first-order valence-electron chi connectivity index (χ1n) is 8.17. The molecule has 144 valence electrons. The zero-order valence-corrected chi connectivity index (χ0v) is 15.6. The molecule has 0 saturated carbocycles. The number of carbonyl (C=O) groups is 1. The molecule has 3 rings (SSSR count). The van der Waals surface area contributed by atoms with Crippen molar-refractivity contribution in [3.05, 3.63) is 59.2 Å². The van der Waals surface area contributed by atoms with Crippen LogP contribution in [0.2, 0.25) is 0 Å². The van der Waals surface area contributed by atoms with Crippen molar-refractivity contribution >= 4 is 17.7 Å². The summed E-state index contributed by atoms with van der Waals surface area (Å²) in [5.74, 6) is 1.51. The van der Waals surface area contributed by atoms with Gasteiger partial charge in [0.1, 0.15) is 5.37 Å². The van der Waals surface area contributed by atoms with E-state index in [1.54, 1.807) is 22.7 Å². The van der Waals surface area contributed by atoms with Crippen LogP contribution in [-0.2, 0) is 6.18 Å². The van der Waals surface area contributed by atoms with Crippen LogP contribution in [0.25, 0.3) is 0 Å². The Labute approximate surface area is 159 Å². The van der Waals surface area contributed by atoms with Crippen molar-refractivity contribution in [3.8, 4) is 11.5 Å². The number of hydrogen-bond acceptors (Lipinski definition) is 4. The van der Waals surface area contributed by atoms with Crippen LogP contribution in [0.15, 0.2) is 42.5 Å². The largest absolute Gasteiger partial charge is 0.493 e. The Kier molecular flexibility index (Phi) is 5.55. The van der Waals surface area contributed by atoms with Gasteiger partial charge >= 0.3 is 6.18 Å². The third-order valence-electron chi connectivity index (χ3n) is 4.31. The van der Waals surface area contributed by atoms with Gasteiger partial charge in [0.2, 0.25) is 0 Å². The van der Waals surface area contributed by atoms with Crippen molar-refractivity contribution in [3.63, 3.8) is 0 Å². The first kappa shape index (κ1) is 19.4. The summed E-state index contributed by atoms with van der Waals surface area (Å²) in [5, 5.41) is -0.301. The zero-order valence-electron chi connectivity index (χ0n) is 14.7. The standard InChI is InChI=1S/C19H18F3NO3S/c1-25-15-5-3-4-14(16(15)26-2)18-23(10-11-27-18)17(24)12-6-8-13(9-7-12)19(20,21)22/h3-9,18H,10-11H2,1-2H3/t18-/m0/s1. The maximum atomic E-state index is 12.9. The Morgan fingerprint density at radius 3 is 2.41 bits per heavy atom. The first-order valence-corrected chi connectivity index (χ1v) is 9.22. The number of nitrogens with zero attached hydrogens (tertiary/aromatic N) is 1. The van der Waals surface area contributed by atoms with E-state index in [9.17, 15) is 18.0 Å². The molecule has 8 heteroatoms. The summed E-state index contributed by atoms with van der Waals surface area (Å²) in [7, 11) is 3.07. The zero-order chi connectivity index (χ0) is 19.6. The molecule has 0 unspecified atom stereocenters. The van der Waals surface area contributed by atoms with E-state index in [1.807, 2.05) is 12.1 Å². The molecule has 1 aliphatic heterocycles. The van der Waals surface area contributed by atoms with E-state index in [1.165, 1.54) is 26.4 Å². The van der Waals surface area contributed by atoms with E-state index in [2.05, 4.69) is 0 Å². The Morgan fingerprint density at radius 2 is 1.81 bits per heavy atom. The molecule has 0 spiro atoms. The average Bonchev–Trinajstić information content (AvgIpc) is 3.15. The number of amides is 1. The maximum Gasteiger partial charge on any atom is 0.416 e. The number of rotatable bonds is 4. The summed E-state index contributed by atoms with van der Waals surface area (Å²) >= 11 is 1.57. The molecule has 0 aliphatic carbocycles. The predicted octanol–water partition coefficient (Wildman–Crippen LogP) is 4.61. The molecule has 0 N–H and O–H groups in total. The lowest BCUT2D eigenvalue weighted by Crippen LogP contribution is -2.30. The van der Waals surface area contributed by atoms with Gasteiger partial charge in [-0.1, -0.05) is 12.1 Å². The molecule has 1 atom stereocenters. The third-order valence-corrected chi connectivity index (χ3v) is 5.55. The molecule has 4 nitrogen and oxygen atoms in total. The number of carbonyl (C=O) groups excluding carboxylic acids is 1. The number of thioether (sulfide) groups is 1. The molecule has 1 aliphatic rings. The van der Waals surface area contributed by atoms with Gasteiger partial charge in [0.15, 0.2) is 11.5 Å². The molecule has 0 bridgehead atoms. The SMILES string of the molecule is COc1cccc([C@@H]2SCCN2C(=O)c2ccc(C(F)(F)F)cc2)c1OC. The van der Waals surface area contributed by atoms with Gasteiger partial charge in [-0.05, 0) is 30.3 Å². The van der Waals surface area contributed by atoms with Crippen LogP contribution in [0.4, 0.5) is 13.2 Å². The van der Waals surface area contributed by atoms with Crippen LogP contribution in [-0.4, -0.2) is 37.3 Å². The average molecular weight is 397 g/mol. The topological polar surface area (TPSA) is 38.8 Å². The Morgan fingerprint density at radius 1 is 1.11 bits per heavy atom. The second-order valence-electron chi connectivity index (χ2n) is 5.88. The van der Waals surface area contributed by atoms with Gasteiger partial charge in [0.25, 0.3) is 5.91 Å². The van der Waals surface area contributed by atoms with E-state index in [0.29, 0.717) is 18.0 Å². The summed E-state index contributed by atoms with van der Waals surface area (Å²) in [6, 6.07) is 9.73. The normalized spacial score (nSPS) is 17.1. The summed E-state index contributed by atoms with van der Waals surface area (Å²) < 4.78 is 49.0. The fraction of sp³-hybridized carbons (Fsp3) is 0.316. The van der Waals surface area contributed by atoms with Crippen molar-refractivity contribution in [1.29, 1.82) is 0 Å². The summed E-state index contributed by atoms with van der Waals surface area (Å²) in [6.45, 7) is 0.496. The van der Waals surface area contributed by atoms with Crippen LogP contribution in [0.1, 0.15) is 26.9 Å². The fourth-order valence-electron chi connectivity index (χ4n) is 3.01. The molecule has 1 amide bonds. The van der Waals surface area contributed by atoms with Crippen molar-refractivity contribution < 1.29 is 27.4 Å². The number of benzene rings is 2. The van der Waals surface area contributed by atoms with Gasteiger partial charge in [0, 0.05) is 23.4 Å². The van der Waals surface area contributed by atoms with Crippen LogP contribution in [0.3, 0.4) is 0 Å². The molecular formula is C19H18F3NO3S. The second kappa shape index (κ2) is 7.72. The fourth-order valence-corrected chi connectivity index (χ4v) is 4.28. The van der Waals surface area contributed by atoms with Gasteiger partial charge in [-0.25, -0.2) is 0 Å². The highest BCUT2D eigenvalue weighted by molar-refractivity contribution is 7.99. The van der Waals surface area contributed by atoms with E-state index < -0.39 is 11.7 Å². The first-order chi connectivity index (χ1) is 12.9. The van der Waals surface area contributed by atoms with Gasteiger partial charge in [0.05, 0.1) is 19.8 Å². The van der Waals surface area contributed by atoms with Crippen LogP contribution in [0, 0.1) is 0 Å². The molecule has 2 aromatic rings. The Balaban J connectivity index is 1.90. The maximum absolute atomic E-state index is 12.9. The minimum atomic E-state index is -4.43. The van der Waals surface area contributed by atoms with Crippen LogP contribution >= 0.6 is 11.8 Å². The monoisotopic (exact) mass is 397 g/mol. The van der Waals surface area contributed by atoms with Gasteiger partial charge in [-0.2, -0.15) is 13.2 Å². The van der Waals surface area contributed by atoms with Crippen molar-refractivity contribution in [2.24, 2.45) is 0 Å². The van der Waals surface area contributed by atoms with Crippen LogP contribution in [0.5, 0.6) is 11.5 Å². The number of halogens is 3. The van der Waals surface area contributed by atoms with Gasteiger partial charge < -0.3 is 14.4 Å². The highest BCUT2D eigenvalue weighted by atomic mass is 32.2. The van der Waals surface area contributed by atoms with Crippen molar-refractivity contribution in [1.82, 2.24) is 4.90 Å². The van der Waals surface area contributed by atoms with Crippen molar-refractivity contribution in [2.75, 3.05) is 26.5 Å². The Bertz CT molecular complexity index is 824. The number of ether oxygens (including phenoxy) is 2. The molecule has 1 fully saturated rings. The van der Waals surface area contributed by atoms with Crippen molar-refractivity contribution in [2.45, 2.75) is 11.6 Å². The lowest BCUT2D eigenvalue weighted by atomic mass is 10.1. The highest BCUT2D eigenvalue weighted by Crippen LogP contribution is 2.45. The van der Waals surface area contributed by atoms with Gasteiger partial charge in [-0.15, -0.1) is 11.8 Å². The molecule has 0 radical (unpaired) electrons. The summed E-state index contributed by atoms with van der Waals surface area (Å²) in [6.07, 6.45) is -4.43. The summed E-state index contributed by atoms with van der Waals surface area (Å²) in [4.78, 5) is 14.5. The molecule has 1 saturated heterocycles. The minimum absolute atomic E-state index is 0.220. The summed E-state index contributed by atoms with van der Waals surface area (Å²) in [5.41, 5.74) is 0.234. The van der Waals surface area contributed by atoms with Crippen LogP contribution < -0.4 is 9.47 Å². The second-order valence-corrected chi connectivity index (χ2v) is 7.07. The van der Waals surface area contributed by atoms with E-state index >= 15 is 0 Å². The Hall–Kier alpha value is -2.35. The number of methoxy groups -OCH3 is 2. The molecular weight excluding hydrogens is 379 g/mol. The van der Waals surface area contributed by atoms with E-state index in [4.69, 9.17) is 9.47 Å². The van der Waals surface area contributed by atoms with Gasteiger partial charge in [-0.3, -0.25) is 4.79 Å². The lowest BCUT2D eigenvalue weighted by Gasteiger charge is -2.26. The number of hydrogen-bond donors (Lipinski definition) is 0. The molecule has 27 heavy (non-hydrogen) atoms. The third kappa shape index (κ3) is 3.85. The number of alkyl halides is 3. The molecule has 0 aromatic heterocycles. The van der Waals surface area contributed by atoms with E-state index in [-0.39, 0.29) is 16.8 Å². The highest BCUT2D eigenvalue weighted by Gasteiger charge is 2.35. The number of para-hydroxylation sites is 1. The lowest BCUT2D eigenvalue weighted by molar-refractivity contribution is -0.137. The molecule has 2 aromatic carbocycles. The molecule has 1 heterocycles. The quantitative estimate of drug-likeness (QED) is 0.755. The minimum Gasteiger partial charge on any atom is -0.493 e. The smallest absolute Gasteiger partial charge is 0.416 e.